The zero-order valence-corrected chi connectivity index (χ0v) is 9.27. The van der Waals surface area contributed by atoms with Gasteiger partial charge in [-0.2, -0.15) is 0 Å². The maximum absolute atomic E-state index is 11.6. The highest BCUT2D eigenvalue weighted by atomic mass is 16.4. The summed E-state index contributed by atoms with van der Waals surface area (Å²) in [7, 11) is 1.68. The maximum atomic E-state index is 11.6. The molecule has 1 heterocycles. The van der Waals surface area contributed by atoms with Gasteiger partial charge >= 0.3 is 5.97 Å². The standard InChI is InChI=1S/C10H18N2O3/c1-3-4-12-6-8(5-10(14)15)11(2)9(13)7-12/h8H,3-7H2,1-2H3,(H,14,15). The fraction of sp³-hybridized carbons (Fsp3) is 0.800. The third-order valence-electron chi connectivity index (χ3n) is 2.72. The minimum Gasteiger partial charge on any atom is -0.481 e. The Hall–Kier alpha value is -1.10. The minimum atomic E-state index is -0.849. The van der Waals surface area contributed by atoms with Crippen molar-refractivity contribution in [3.63, 3.8) is 0 Å². The van der Waals surface area contributed by atoms with Gasteiger partial charge in [-0.1, -0.05) is 6.92 Å². The number of carboxylic acid groups (broad SMARTS) is 1. The molecule has 1 aliphatic rings. The normalized spacial score (nSPS) is 23.2. The SMILES string of the molecule is CCCN1CC(=O)N(C)C(CC(=O)O)C1. The fourth-order valence-electron chi connectivity index (χ4n) is 1.88. The van der Waals surface area contributed by atoms with Gasteiger partial charge in [-0.25, -0.2) is 0 Å². The van der Waals surface area contributed by atoms with Gasteiger partial charge in [0.15, 0.2) is 0 Å². The van der Waals surface area contributed by atoms with E-state index in [1.54, 1.807) is 11.9 Å². The number of aliphatic carboxylic acids is 1. The first-order valence-corrected chi connectivity index (χ1v) is 5.24. The van der Waals surface area contributed by atoms with E-state index in [1.807, 2.05) is 4.90 Å². The number of likely N-dealkylation sites (N-methyl/N-ethyl adjacent to an activating group) is 1. The monoisotopic (exact) mass is 214 g/mol. The topological polar surface area (TPSA) is 60.9 Å². The van der Waals surface area contributed by atoms with Crippen molar-refractivity contribution in [2.45, 2.75) is 25.8 Å². The fourth-order valence-corrected chi connectivity index (χ4v) is 1.88. The lowest BCUT2D eigenvalue weighted by Crippen LogP contribution is -2.55. The smallest absolute Gasteiger partial charge is 0.305 e. The van der Waals surface area contributed by atoms with E-state index in [-0.39, 0.29) is 18.4 Å². The van der Waals surface area contributed by atoms with E-state index < -0.39 is 5.97 Å². The van der Waals surface area contributed by atoms with Gasteiger partial charge in [-0.05, 0) is 13.0 Å². The van der Waals surface area contributed by atoms with Gasteiger partial charge < -0.3 is 10.0 Å². The third-order valence-corrected chi connectivity index (χ3v) is 2.72. The molecule has 0 saturated carbocycles. The molecule has 1 atom stereocenters. The molecule has 1 rings (SSSR count). The van der Waals surface area contributed by atoms with Gasteiger partial charge in [0.2, 0.25) is 5.91 Å². The van der Waals surface area contributed by atoms with Crippen LogP contribution in [0.25, 0.3) is 0 Å². The van der Waals surface area contributed by atoms with Crippen LogP contribution in [-0.4, -0.2) is 59.5 Å². The predicted molar refractivity (Wildman–Crippen MR) is 55.5 cm³/mol. The molecule has 0 aromatic rings. The summed E-state index contributed by atoms with van der Waals surface area (Å²) in [5.41, 5.74) is 0. The highest BCUT2D eigenvalue weighted by molar-refractivity contribution is 5.80. The highest BCUT2D eigenvalue weighted by Crippen LogP contribution is 2.12. The van der Waals surface area contributed by atoms with Crippen LogP contribution in [0.2, 0.25) is 0 Å². The van der Waals surface area contributed by atoms with Crippen LogP contribution >= 0.6 is 0 Å². The average molecular weight is 214 g/mol. The number of piperazine rings is 1. The highest BCUT2D eigenvalue weighted by Gasteiger charge is 2.30. The van der Waals surface area contributed by atoms with Crippen LogP contribution in [0.15, 0.2) is 0 Å². The summed E-state index contributed by atoms with van der Waals surface area (Å²) in [6.45, 7) is 3.99. The summed E-state index contributed by atoms with van der Waals surface area (Å²) in [6, 6.07) is -0.185. The molecule has 1 aliphatic heterocycles. The van der Waals surface area contributed by atoms with Crippen molar-refractivity contribution < 1.29 is 14.7 Å². The Morgan fingerprint density at radius 1 is 1.60 bits per heavy atom. The number of amides is 1. The molecular weight excluding hydrogens is 196 g/mol. The lowest BCUT2D eigenvalue weighted by atomic mass is 10.1. The number of carbonyl (C=O) groups excluding carboxylic acids is 1. The van der Waals surface area contributed by atoms with Crippen molar-refractivity contribution in [3.05, 3.63) is 0 Å². The molecule has 5 heteroatoms. The third kappa shape index (κ3) is 3.20. The van der Waals surface area contributed by atoms with Crippen LogP contribution < -0.4 is 0 Å². The van der Waals surface area contributed by atoms with E-state index in [0.29, 0.717) is 13.1 Å². The Morgan fingerprint density at radius 2 is 2.27 bits per heavy atom. The number of hydrogen-bond donors (Lipinski definition) is 1. The Kier molecular flexibility index (Phi) is 4.08. The zero-order chi connectivity index (χ0) is 11.4. The van der Waals surface area contributed by atoms with Crippen LogP contribution in [0.4, 0.5) is 0 Å². The molecule has 1 amide bonds. The first-order chi connectivity index (χ1) is 7.04. The van der Waals surface area contributed by atoms with Crippen molar-refractivity contribution in [1.82, 2.24) is 9.80 Å². The Balaban J connectivity index is 2.59. The number of rotatable bonds is 4. The molecule has 0 bridgehead atoms. The average Bonchev–Trinajstić information content (AvgIpc) is 2.13. The molecule has 1 N–H and O–H groups in total. The van der Waals surface area contributed by atoms with Gasteiger partial charge in [0.25, 0.3) is 0 Å². The lowest BCUT2D eigenvalue weighted by molar-refractivity contribution is -0.143. The second-order valence-corrected chi connectivity index (χ2v) is 3.99. The van der Waals surface area contributed by atoms with E-state index in [0.717, 1.165) is 13.0 Å². The van der Waals surface area contributed by atoms with E-state index in [4.69, 9.17) is 5.11 Å². The first-order valence-electron chi connectivity index (χ1n) is 5.24. The van der Waals surface area contributed by atoms with E-state index in [1.165, 1.54) is 0 Å². The van der Waals surface area contributed by atoms with Crippen molar-refractivity contribution in [2.24, 2.45) is 0 Å². The summed E-state index contributed by atoms with van der Waals surface area (Å²) in [5, 5.41) is 8.73. The molecule has 0 aromatic heterocycles. The number of carbonyl (C=O) groups is 2. The summed E-state index contributed by atoms with van der Waals surface area (Å²) in [4.78, 5) is 25.8. The van der Waals surface area contributed by atoms with Crippen molar-refractivity contribution in [2.75, 3.05) is 26.7 Å². The zero-order valence-electron chi connectivity index (χ0n) is 9.27. The molecule has 0 radical (unpaired) electrons. The second kappa shape index (κ2) is 5.11. The van der Waals surface area contributed by atoms with Gasteiger partial charge in [0.1, 0.15) is 0 Å². The number of nitrogens with zero attached hydrogens (tertiary/aromatic N) is 2. The molecule has 1 fully saturated rings. The van der Waals surface area contributed by atoms with Crippen LogP contribution in [0.5, 0.6) is 0 Å². The molecule has 0 aromatic carbocycles. The molecule has 86 valence electrons. The van der Waals surface area contributed by atoms with Gasteiger partial charge in [-0.15, -0.1) is 0 Å². The van der Waals surface area contributed by atoms with E-state index in [2.05, 4.69) is 6.92 Å². The molecule has 1 unspecified atom stereocenters. The molecular formula is C10H18N2O3. The Bertz CT molecular complexity index is 255. The molecule has 1 saturated heterocycles. The van der Waals surface area contributed by atoms with E-state index in [9.17, 15) is 9.59 Å². The summed E-state index contributed by atoms with van der Waals surface area (Å²) >= 11 is 0. The summed E-state index contributed by atoms with van der Waals surface area (Å²) in [5.74, 6) is -0.834. The summed E-state index contributed by atoms with van der Waals surface area (Å²) < 4.78 is 0. The Labute approximate surface area is 89.7 Å². The minimum absolute atomic E-state index is 0.0148. The number of hydrogen-bond acceptors (Lipinski definition) is 3. The number of carboxylic acids is 1. The van der Waals surface area contributed by atoms with Gasteiger partial charge in [0, 0.05) is 13.6 Å². The molecule has 15 heavy (non-hydrogen) atoms. The first kappa shape index (κ1) is 12.0. The van der Waals surface area contributed by atoms with Crippen molar-refractivity contribution >= 4 is 11.9 Å². The van der Waals surface area contributed by atoms with Crippen LogP contribution in [0.1, 0.15) is 19.8 Å². The maximum Gasteiger partial charge on any atom is 0.305 e. The van der Waals surface area contributed by atoms with Crippen molar-refractivity contribution in [1.29, 1.82) is 0 Å². The van der Waals surface area contributed by atoms with Crippen LogP contribution in [0.3, 0.4) is 0 Å². The molecule has 0 aliphatic carbocycles. The molecule has 5 nitrogen and oxygen atoms in total. The largest absolute Gasteiger partial charge is 0.481 e. The lowest BCUT2D eigenvalue weighted by Gasteiger charge is -2.38. The molecule has 0 spiro atoms. The Morgan fingerprint density at radius 3 is 2.80 bits per heavy atom. The van der Waals surface area contributed by atoms with Crippen molar-refractivity contribution in [3.8, 4) is 0 Å². The summed E-state index contributed by atoms with van der Waals surface area (Å²) in [6.07, 6.45) is 1.01. The van der Waals surface area contributed by atoms with Gasteiger partial charge in [-0.3, -0.25) is 14.5 Å². The van der Waals surface area contributed by atoms with Crippen LogP contribution in [0, 0.1) is 0 Å². The van der Waals surface area contributed by atoms with Gasteiger partial charge in [0.05, 0.1) is 19.0 Å². The quantitative estimate of drug-likeness (QED) is 0.716. The second-order valence-electron chi connectivity index (χ2n) is 3.99. The predicted octanol–water partition coefficient (Wildman–Crippen LogP) is 0.0137. The van der Waals surface area contributed by atoms with E-state index >= 15 is 0 Å². The van der Waals surface area contributed by atoms with Crippen LogP contribution in [-0.2, 0) is 9.59 Å².